The number of allylic oxidation sites excluding steroid dienone is 8. The van der Waals surface area contributed by atoms with E-state index in [-0.39, 0.29) is 31.1 Å². The average molecular weight is 954 g/mol. The largest absolute Gasteiger partial charge is 0.462 e. The average Bonchev–Trinajstić information content (AvgIpc) is 3.34. The van der Waals surface area contributed by atoms with Crippen LogP contribution >= 0.6 is 0 Å². The standard InChI is InChI=1S/C62H112O6/c1-4-7-10-13-16-19-22-25-28-30-31-33-34-37-40-43-46-49-52-55-61(64)67-58-59(57-66-60(63)54-51-48-45-42-39-36-27-24-21-18-15-12-9-6-3)68-62(65)56-53-50-47-44-41-38-35-32-29-26-23-20-17-14-11-8-5-2/h17,20,26,29-31,36,39,59H,4-16,18-19,21-25,27-28,32-35,37-38,40-58H2,1-3H3/b20-17-,29-26-,31-30-,39-36-. The van der Waals surface area contributed by atoms with Gasteiger partial charge in [-0.2, -0.15) is 0 Å². The van der Waals surface area contributed by atoms with Gasteiger partial charge in [-0.15, -0.1) is 0 Å². The van der Waals surface area contributed by atoms with Crippen LogP contribution in [0.25, 0.3) is 0 Å². The fourth-order valence-corrected chi connectivity index (χ4v) is 8.52. The highest BCUT2D eigenvalue weighted by Crippen LogP contribution is 2.15. The molecule has 0 aromatic rings. The Morgan fingerprint density at radius 3 is 0.868 bits per heavy atom. The Morgan fingerprint density at radius 1 is 0.294 bits per heavy atom. The van der Waals surface area contributed by atoms with Crippen LogP contribution in [0.1, 0.15) is 310 Å². The summed E-state index contributed by atoms with van der Waals surface area (Å²) in [7, 11) is 0. The molecule has 0 aliphatic carbocycles. The normalized spacial score (nSPS) is 12.3. The molecule has 0 rings (SSSR count). The zero-order valence-electron chi connectivity index (χ0n) is 45.4. The van der Waals surface area contributed by atoms with Gasteiger partial charge in [0, 0.05) is 19.3 Å². The minimum absolute atomic E-state index is 0.0818. The van der Waals surface area contributed by atoms with E-state index in [1.807, 2.05) is 0 Å². The number of hydrogen-bond donors (Lipinski definition) is 0. The first-order valence-corrected chi connectivity index (χ1v) is 29.6. The van der Waals surface area contributed by atoms with E-state index in [0.29, 0.717) is 19.3 Å². The molecule has 1 unspecified atom stereocenters. The maximum atomic E-state index is 12.9. The molecule has 68 heavy (non-hydrogen) atoms. The van der Waals surface area contributed by atoms with Crippen LogP contribution in [0.5, 0.6) is 0 Å². The summed E-state index contributed by atoms with van der Waals surface area (Å²) in [6.45, 7) is 6.62. The Kier molecular flexibility index (Phi) is 54.8. The van der Waals surface area contributed by atoms with Gasteiger partial charge in [0.25, 0.3) is 0 Å². The van der Waals surface area contributed by atoms with Gasteiger partial charge in [0.15, 0.2) is 6.10 Å². The molecule has 396 valence electrons. The number of carbonyl (C=O) groups is 3. The highest BCUT2D eigenvalue weighted by molar-refractivity contribution is 5.71. The van der Waals surface area contributed by atoms with Crippen LogP contribution in [0, 0.1) is 0 Å². The summed E-state index contributed by atoms with van der Waals surface area (Å²) < 4.78 is 16.9. The fourth-order valence-electron chi connectivity index (χ4n) is 8.52. The summed E-state index contributed by atoms with van der Waals surface area (Å²) in [5.74, 6) is -0.896. The smallest absolute Gasteiger partial charge is 0.306 e. The lowest BCUT2D eigenvalue weighted by molar-refractivity contribution is -0.167. The molecule has 0 radical (unpaired) electrons. The number of rotatable bonds is 54. The van der Waals surface area contributed by atoms with Gasteiger partial charge >= 0.3 is 17.9 Å². The Balaban J connectivity index is 4.38. The second kappa shape index (κ2) is 57.0. The Labute approximate surface area is 422 Å². The summed E-state index contributed by atoms with van der Waals surface area (Å²) >= 11 is 0. The molecule has 6 heteroatoms. The monoisotopic (exact) mass is 953 g/mol. The van der Waals surface area contributed by atoms with Crippen LogP contribution < -0.4 is 0 Å². The summed E-state index contributed by atoms with van der Waals surface area (Å²) in [6, 6.07) is 0. The molecule has 0 aromatic heterocycles. The predicted octanol–water partition coefficient (Wildman–Crippen LogP) is 19.8. The summed E-state index contributed by atoms with van der Waals surface area (Å²) in [4.78, 5) is 38.2. The Bertz CT molecular complexity index is 1190. The van der Waals surface area contributed by atoms with Gasteiger partial charge in [0.1, 0.15) is 13.2 Å². The quantitative estimate of drug-likeness (QED) is 0.0262. The summed E-state index contributed by atoms with van der Waals surface area (Å²) in [6.07, 6.45) is 69.6. The summed E-state index contributed by atoms with van der Waals surface area (Å²) in [5, 5.41) is 0. The van der Waals surface area contributed by atoms with Crippen molar-refractivity contribution < 1.29 is 28.6 Å². The molecule has 0 fully saturated rings. The van der Waals surface area contributed by atoms with Gasteiger partial charge < -0.3 is 14.2 Å². The molecule has 1 atom stereocenters. The van der Waals surface area contributed by atoms with Crippen molar-refractivity contribution in [1.82, 2.24) is 0 Å². The van der Waals surface area contributed by atoms with Gasteiger partial charge in [-0.05, 0) is 103 Å². The van der Waals surface area contributed by atoms with Crippen molar-refractivity contribution >= 4 is 17.9 Å². The van der Waals surface area contributed by atoms with Crippen LogP contribution in [0.15, 0.2) is 48.6 Å². The van der Waals surface area contributed by atoms with Crippen molar-refractivity contribution in [1.29, 1.82) is 0 Å². The molecule has 0 amide bonds. The van der Waals surface area contributed by atoms with E-state index in [1.165, 1.54) is 186 Å². The molecule has 0 aliphatic rings. The Hall–Kier alpha value is -2.63. The van der Waals surface area contributed by atoms with Gasteiger partial charge in [0.2, 0.25) is 0 Å². The van der Waals surface area contributed by atoms with Crippen molar-refractivity contribution in [2.75, 3.05) is 13.2 Å². The van der Waals surface area contributed by atoms with E-state index in [0.717, 1.165) is 83.5 Å². The van der Waals surface area contributed by atoms with Crippen LogP contribution in [0.2, 0.25) is 0 Å². The second-order valence-electron chi connectivity index (χ2n) is 19.9. The zero-order valence-corrected chi connectivity index (χ0v) is 45.4. The van der Waals surface area contributed by atoms with Crippen LogP contribution in [0.3, 0.4) is 0 Å². The van der Waals surface area contributed by atoms with E-state index >= 15 is 0 Å². The van der Waals surface area contributed by atoms with Crippen molar-refractivity contribution in [2.24, 2.45) is 0 Å². The van der Waals surface area contributed by atoms with Gasteiger partial charge in [-0.3, -0.25) is 14.4 Å². The molecule has 0 bridgehead atoms. The third kappa shape index (κ3) is 54.3. The molecular weight excluding hydrogens is 841 g/mol. The van der Waals surface area contributed by atoms with E-state index in [4.69, 9.17) is 14.2 Å². The number of esters is 3. The van der Waals surface area contributed by atoms with Crippen LogP contribution in [-0.4, -0.2) is 37.2 Å². The molecule has 0 spiro atoms. The predicted molar refractivity (Wildman–Crippen MR) is 293 cm³/mol. The lowest BCUT2D eigenvalue weighted by Crippen LogP contribution is -2.30. The van der Waals surface area contributed by atoms with E-state index in [9.17, 15) is 14.4 Å². The van der Waals surface area contributed by atoms with E-state index in [2.05, 4.69) is 69.4 Å². The van der Waals surface area contributed by atoms with E-state index < -0.39 is 6.10 Å². The number of carbonyl (C=O) groups excluding carboxylic acids is 3. The van der Waals surface area contributed by atoms with Gasteiger partial charge in [-0.25, -0.2) is 0 Å². The SMILES string of the molecule is CCCCC/C=C\C/C=C\CCCCCCCCCC(=O)OC(COC(=O)CCCCC/C=C\CCCCCCCCC)COC(=O)CCCCCCCCC/C=C\CCCCCCCCCC. The highest BCUT2D eigenvalue weighted by Gasteiger charge is 2.19. The minimum Gasteiger partial charge on any atom is -0.462 e. The lowest BCUT2D eigenvalue weighted by atomic mass is 10.1. The van der Waals surface area contributed by atoms with Crippen LogP contribution in [-0.2, 0) is 28.6 Å². The minimum atomic E-state index is -0.785. The third-order valence-corrected chi connectivity index (χ3v) is 13.0. The molecule has 0 saturated carbocycles. The number of ether oxygens (including phenoxy) is 3. The number of unbranched alkanes of at least 4 members (excludes halogenated alkanes) is 35. The first kappa shape index (κ1) is 65.4. The molecule has 0 saturated heterocycles. The highest BCUT2D eigenvalue weighted by atomic mass is 16.6. The molecular formula is C62H112O6. The van der Waals surface area contributed by atoms with Crippen molar-refractivity contribution in [2.45, 2.75) is 316 Å². The molecule has 0 aliphatic heterocycles. The van der Waals surface area contributed by atoms with E-state index in [1.54, 1.807) is 0 Å². The van der Waals surface area contributed by atoms with Crippen molar-refractivity contribution in [3.63, 3.8) is 0 Å². The topological polar surface area (TPSA) is 78.9 Å². The first-order chi connectivity index (χ1) is 33.5. The Morgan fingerprint density at radius 2 is 0.529 bits per heavy atom. The van der Waals surface area contributed by atoms with Gasteiger partial charge in [-0.1, -0.05) is 236 Å². The second-order valence-corrected chi connectivity index (χ2v) is 19.9. The molecule has 0 heterocycles. The maximum Gasteiger partial charge on any atom is 0.306 e. The zero-order chi connectivity index (χ0) is 49.3. The van der Waals surface area contributed by atoms with Gasteiger partial charge in [0.05, 0.1) is 0 Å². The lowest BCUT2D eigenvalue weighted by Gasteiger charge is -2.18. The molecule has 0 N–H and O–H groups in total. The summed E-state index contributed by atoms with van der Waals surface area (Å²) in [5.41, 5.74) is 0. The van der Waals surface area contributed by atoms with Crippen LogP contribution in [0.4, 0.5) is 0 Å². The number of hydrogen-bond acceptors (Lipinski definition) is 6. The third-order valence-electron chi connectivity index (χ3n) is 13.0. The maximum absolute atomic E-state index is 12.9. The van der Waals surface area contributed by atoms with Crippen molar-refractivity contribution in [3.05, 3.63) is 48.6 Å². The molecule has 0 aromatic carbocycles. The first-order valence-electron chi connectivity index (χ1n) is 29.6. The molecule has 6 nitrogen and oxygen atoms in total. The fraction of sp³-hybridized carbons (Fsp3) is 0.823. The van der Waals surface area contributed by atoms with Crippen molar-refractivity contribution in [3.8, 4) is 0 Å².